The van der Waals surface area contributed by atoms with E-state index in [2.05, 4.69) is 25.9 Å². The van der Waals surface area contributed by atoms with Gasteiger partial charge in [0.05, 0.1) is 18.4 Å². The fourth-order valence-electron chi connectivity index (χ4n) is 3.70. The number of anilines is 1. The predicted octanol–water partition coefficient (Wildman–Crippen LogP) is 0.976. The van der Waals surface area contributed by atoms with Crippen LogP contribution < -0.4 is 16.0 Å². The number of pyridine rings is 1. The van der Waals surface area contributed by atoms with Crippen molar-refractivity contribution in [2.75, 3.05) is 32.0 Å². The third kappa shape index (κ3) is 5.42. The lowest BCUT2D eigenvalue weighted by Gasteiger charge is -2.21. The maximum Gasteiger partial charge on any atom is 0.243 e. The minimum Gasteiger partial charge on any atom is -0.352 e. The van der Waals surface area contributed by atoms with E-state index in [1.807, 2.05) is 4.90 Å². The summed E-state index contributed by atoms with van der Waals surface area (Å²) in [5.74, 6) is 0.917. The summed E-state index contributed by atoms with van der Waals surface area (Å²) < 4.78 is 0. The van der Waals surface area contributed by atoms with Crippen molar-refractivity contribution in [2.24, 2.45) is 10.9 Å². The molecule has 1 aliphatic heterocycles. The molecule has 0 radical (unpaired) electrons. The Hall–Kier alpha value is -2.64. The number of nitrogens with zero attached hydrogens (tertiary/aromatic N) is 3. The molecule has 1 saturated carbocycles. The summed E-state index contributed by atoms with van der Waals surface area (Å²) in [7, 11) is 1.67. The number of rotatable bonds is 5. The van der Waals surface area contributed by atoms with Crippen molar-refractivity contribution in [1.82, 2.24) is 20.5 Å². The fourth-order valence-corrected chi connectivity index (χ4v) is 3.70. The van der Waals surface area contributed by atoms with Gasteiger partial charge in [0, 0.05) is 38.3 Å². The second-order valence-electron chi connectivity index (χ2n) is 7.11. The summed E-state index contributed by atoms with van der Waals surface area (Å²) in [6.07, 6.45) is 8.54. The van der Waals surface area contributed by atoms with Gasteiger partial charge in [-0.15, -0.1) is 0 Å². The highest BCUT2D eigenvalue weighted by Gasteiger charge is 2.32. The molecule has 1 aliphatic carbocycles. The van der Waals surface area contributed by atoms with Gasteiger partial charge in [-0.25, -0.2) is 0 Å². The van der Waals surface area contributed by atoms with Crippen LogP contribution in [0, 0.1) is 5.92 Å². The van der Waals surface area contributed by atoms with Gasteiger partial charge < -0.3 is 20.9 Å². The van der Waals surface area contributed by atoms with Gasteiger partial charge in [-0.1, -0.05) is 12.8 Å². The van der Waals surface area contributed by atoms with Gasteiger partial charge in [-0.2, -0.15) is 0 Å². The number of likely N-dealkylation sites (tertiary alicyclic amines) is 1. The molecule has 2 aliphatic rings. The second kappa shape index (κ2) is 9.34. The normalized spacial score (nSPS) is 20.6. The first-order chi connectivity index (χ1) is 13.2. The average Bonchev–Trinajstić information content (AvgIpc) is 3.37. The van der Waals surface area contributed by atoms with E-state index in [1.165, 1.54) is 12.8 Å². The van der Waals surface area contributed by atoms with Crippen molar-refractivity contribution in [3.8, 4) is 0 Å². The molecule has 8 heteroatoms. The van der Waals surface area contributed by atoms with E-state index in [1.54, 1.807) is 31.6 Å². The first kappa shape index (κ1) is 19.1. The Morgan fingerprint density at radius 1 is 1.30 bits per heavy atom. The highest BCUT2D eigenvalue weighted by molar-refractivity contribution is 5.94. The summed E-state index contributed by atoms with van der Waals surface area (Å²) in [6, 6.07) is 3.71. The minimum absolute atomic E-state index is 0.103. The second-order valence-corrected chi connectivity index (χ2v) is 7.11. The number of aliphatic imine (C=N–C) groups is 1. The molecule has 0 aromatic carbocycles. The van der Waals surface area contributed by atoms with Crippen molar-refractivity contribution in [3.05, 3.63) is 24.5 Å². The monoisotopic (exact) mass is 372 g/mol. The number of carbonyl (C=O) groups excluding carboxylic acids is 2. The number of hydrogen-bond acceptors (Lipinski definition) is 4. The lowest BCUT2D eigenvalue weighted by Crippen LogP contribution is -2.47. The highest BCUT2D eigenvalue weighted by Crippen LogP contribution is 2.27. The standard InChI is InChI=1S/C19H28N6O2/c1-20-19(22-12-17(26)23-15-7-4-9-21-11-15)24-16-8-10-25(13-16)18(27)14-5-2-3-6-14/h4,7,9,11,14,16H,2-3,5-6,8,10,12-13H2,1H3,(H,23,26)(H2,20,22,24). The van der Waals surface area contributed by atoms with Gasteiger partial charge >= 0.3 is 0 Å². The van der Waals surface area contributed by atoms with Crippen LogP contribution in [-0.2, 0) is 9.59 Å². The van der Waals surface area contributed by atoms with E-state index < -0.39 is 0 Å². The van der Waals surface area contributed by atoms with E-state index in [-0.39, 0.29) is 24.4 Å². The van der Waals surface area contributed by atoms with Gasteiger partial charge in [0.2, 0.25) is 11.8 Å². The molecule has 1 aromatic heterocycles. The number of amides is 2. The molecule has 0 bridgehead atoms. The largest absolute Gasteiger partial charge is 0.352 e. The molecule has 1 unspecified atom stereocenters. The molecule has 27 heavy (non-hydrogen) atoms. The number of aromatic nitrogens is 1. The Labute approximate surface area is 159 Å². The van der Waals surface area contributed by atoms with Crippen molar-refractivity contribution in [1.29, 1.82) is 0 Å². The summed E-state index contributed by atoms with van der Waals surface area (Å²) in [6.45, 7) is 1.58. The summed E-state index contributed by atoms with van der Waals surface area (Å²) >= 11 is 0. The van der Waals surface area contributed by atoms with Gasteiger partial charge in [0.25, 0.3) is 0 Å². The third-order valence-electron chi connectivity index (χ3n) is 5.13. The van der Waals surface area contributed by atoms with E-state index in [0.717, 1.165) is 25.8 Å². The van der Waals surface area contributed by atoms with E-state index in [0.29, 0.717) is 24.1 Å². The molecule has 8 nitrogen and oxygen atoms in total. The molecular formula is C19H28N6O2. The van der Waals surface area contributed by atoms with Crippen LogP contribution in [0.2, 0.25) is 0 Å². The van der Waals surface area contributed by atoms with Gasteiger partial charge in [0.1, 0.15) is 0 Å². The molecule has 0 spiro atoms. The van der Waals surface area contributed by atoms with Crippen LogP contribution in [-0.4, -0.2) is 60.4 Å². The van der Waals surface area contributed by atoms with Crippen LogP contribution in [0.25, 0.3) is 0 Å². The average molecular weight is 372 g/mol. The minimum atomic E-state index is -0.171. The Kier molecular flexibility index (Phi) is 6.62. The van der Waals surface area contributed by atoms with Gasteiger partial charge in [-0.05, 0) is 31.4 Å². The third-order valence-corrected chi connectivity index (χ3v) is 5.13. The maximum atomic E-state index is 12.5. The Balaban J connectivity index is 1.41. The van der Waals surface area contributed by atoms with E-state index in [4.69, 9.17) is 0 Å². The zero-order valence-electron chi connectivity index (χ0n) is 15.8. The molecule has 2 amide bonds. The molecule has 2 heterocycles. The Bertz CT molecular complexity index is 672. The smallest absolute Gasteiger partial charge is 0.243 e. The van der Waals surface area contributed by atoms with Crippen molar-refractivity contribution >= 4 is 23.5 Å². The van der Waals surface area contributed by atoms with Crippen molar-refractivity contribution < 1.29 is 9.59 Å². The van der Waals surface area contributed by atoms with E-state index >= 15 is 0 Å². The zero-order valence-corrected chi connectivity index (χ0v) is 15.8. The van der Waals surface area contributed by atoms with Crippen LogP contribution in [0.15, 0.2) is 29.5 Å². The van der Waals surface area contributed by atoms with Crippen LogP contribution in [0.1, 0.15) is 32.1 Å². The van der Waals surface area contributed by atoms with Crippen molar-refractivity contribution in [2.45, 2.75) is 38.1 Å². The molecule has 1 saturated heterocycles. The summed E-state index contributed by atoms with van der Waals surface area (Å²) in [5.41, 5.74) is 0.657. The SMILES string of the molecule is CN=C(NCC(=O)Nc1cccnc1)NC1CCN(C(=O)C2CCCC2)C1. The van der Waals surface area contributed by atoms with Gasteiger partial charge in [-0.3, -0.25) is 19.6 Å². The van der Waals surface area contributed by atoms with E-state index in [9.17, 15) is 9.59 Å². The number of carbonyl (C=O) groups is 2. The zero-order chi connectivity index (χ0) is 19.1. The van der Waals surface area contributed by atoms with Crippen molar-refractivity contribution in [3.63, 3.8) is 0 Å². The number of nitrogens with one attached hydrogen (secondary N) is 3. The Morgan fingerprint density at radius 2 is 2.11 bits per heavy atom. The fraction of sp³-hybridized carbons (Fsp3) is 0.579. The maximum absolute atomic E-state index is 12.5. The quantitative estimate of drug-likeness (QED) is 0.529. The first-order valence-electron chi connectivity index (χ1n) is 9.61. The number of hydrogen-bond donors (Lipinski definition) is 3. The molecule has 146 valence electrons. The summed E-state index contributed by atoms with van der Waals surface area (Å²) in [5, 5.41) is 9.10. The topological polar surface area (TPSA) is 98.7 Å². The molecule has 1 atom stereocenters. The lowest BCUT2D eigenvalue weighted by molar-refractivity contribution is -0.134. The van der Waals surface area contributed by atoms with Crippen LogP contribution >= 0.6 is 0 Å². The lowest BCUT2D eigenvalue weighted by atomic mass is 10.1. The predicted molar refractivity (Wildman–Crippen MR) is 104 cm³/mol. The molecule has 3 N–H and O–H groups in total. The number of guanidine groups is 1. The molecular weight excluding hydrogens is 344 g/mol. The molecule has 2 fully saturated rings. The van der Waals surface area contributed by atoms with Gasteiger partial charge in [0.15, 0.2) is 5.96 Å². The van der Waals surface area contributed by atoms with Crippen LogP contribution in [0.3, 0.4) is 0 Å². The highest BCUT2D eigenvalue weighted by atomic mass is 16.2. The van der Waals surface area contributed by atoms with Crippen LogP contribution in [0.5, 0.6) is 0 Å². The summed E-state index contributed by atoms with van der Waals surface area (Å²) in [4.78, 5) is 34.7. The first-order valence-corrected chi connectivity index (χ1v) is 9.61. The molecule has 1 aromatic rings. The molecule has 3 rings (SSSR count). The van der Waals surface area contributed by atoms with Crippen LogP contribution in [0.4, 0.5) is 5.69 Å². The Morgan fingerprint density at radius 3 is 2.81 bits per heavy atom.